The van der Waals surface area contributed by atoms with E-state index in [0.29, 0.717) is 12.6 Å². The number of hydrogen-bond acceptors (Lipinski definition) is 3. The topological polar surface area (TPSA) is 49.6 Å². The normalized spacial score (nSPS) is 18.3. The minimum Gasteiger partial charge on any atom is -0.398 e. The van der Waals surface area contributed by atoms with Crippen LogP contribution < -0.4 is 10.6 Å². The standard InChI is InChI=1S/C19H29N3O/c1-14(2)22(15-7-3-4-8-15)19(23)13-21-12-6-9-16-17(20)10-5-11-18(16)21/h5,10-11,14-15H,3-4,6-9,12-13,20H2,1-2H3. The lowest BCUT2D eigenvalue weighted by Gasteiger charge is -2.37. The molecule has 1 aromatic rings. The van der Waals surface area contributed by atoms with Gasteiger partial charge in [-0.15, -0.1) is 0 Å². The van der Waals surface area contributed by atoms with Gasteiger partial charge in [-0.3, -0.25) is 4.79 Å². The van der Waals surface area contributed by atoms with E-state index in [1.807, 2.05) is 12.1 Å². The van der Waals surface area contributed by atoms with Crippen molar-refractivity contribution in [2.45, 2.75) is 64.5 Å². The molecule has 0 bridgehead atoms. The predicted molar refractivity (Wildman–Crippen MR) is 95.6 cm³/mol. The van der Waals surface area contributed by atoms with Crippen LogP contribution in [0, 0.1) is 0 Å². The molecule has 0 unspecified atom stereocenters. The van der Waals surface area contributed by atoms with E-state index < -0.39 is 0 Å². The molecule has 0 radical (unpaired) electrons. The zero-order valence-electron chi connectivity index (χ0n) is 14.4. The molecule has 2 aliphatic rings. The molecule has 4 nitrogen and oxygen atoms in total. The maximum atomic E-state index is 13.0. The molecule has 2 N–H and O–H groups in total. The van der Waals surface area contributed by atoms with E-state index in [1.54, 1.807) is 0 Å². The first-order valence-corrected chi connectivity index (χ1v) is 9.01. The highest BCUT2D eigenvalue weighted by molar-refractivity contribution is 5.83. The Morgan fingerprint density at radius 1 is 1.30 bits per heavy atom. The van der Waals surface area contributed by atoms with Gasteiger partial charge in [0, 0.05) is 30.0 Å². The van der Waals surface area contributed by atoms with Crippen LogP contribution in [0.3, 0.4) is 0 Å². The Morgan fingerprint density at radius 3 is 2.74 bits per heavy atom. The lowest BCUT2D eigenvalue weighted by molar-refractivity contribution is -0.133. The van der Waals surface area contributed by atoms with Gasteiger partial charge in [0.15, 0.2) is 0 Å². The van der Waals surface area contributed by atoms with E-state index in [-0.39, 0.29) is 11.9 Å². The first-order chi connectivity index (χ1) is 11.1. The number of carbonyl (C=O) groups is 1. The van der Waals surface area contributed by atoms with Crippen LogP contribution in [0.4, 0.5) is 11.4 Å². The monoisotopic (exact) mass is 315 g/mol. The van der Waals surface area contributed by atoms with Crippen molar-refractivity contribution in [1.82, 2.24) is 4.90 Å². The van der Waals surface area contributed by atoms with Gasteiger partial charge in [-0.2, -0.15) is 0 Å². The van der Waals surface area contributed by atoms with Crippen LogP contribution in [0.2, 0.25) is 0 Å². The fraction of sp³-hybridized carbons (Fsp3) is 0.632. The molecule has 0 spiro atoms. The molecule has 4 heteroatoms. The second-order valence-corrected chi connectivity index (χ2v) is 7.20. The molecule has 1 fully saturated rings. The number of nitrogens with two attached hydrogens (primary N) is 1. The average Bonchev–Trinajstić information content (AvgIpc) is 3.02. The molecule has 126 valence electrons. The number of fused-ring (bicyclic) bond motifs is 1. The van der Waals surface area contributed by atoms with Crippen molar-refractivity contribution < 1.29 is 4.79 Å². The first kappa shape index (κ1) is 16.2. The summed E-state index contributed by atoms with van der Waals surface area (Å²) in [5.74, 6) is 0.266. The summed E-state index contributed by atoms with van der Waals surface area (Å²) in [6.45, 7) is 5.70. The van der Waals surface area contributed by atoms with Gasteiger partial charge in [0.25, 0.3) is 0 Å². The molecule has 1 heterocycles. The van der Waals surface area contributed by atoms with E-state index in [0.717, 1.165) is 43.6 Å². The van der Waals surface area contributed by atoms with Crippen LogP contribution in [-0.2, 0) is 11.2 Å². The summed E-state index contributed by atoms with van der Waals surface area (Å²) in [6, 6.07) is 6.77. The molecular weight excluding hydrogens is 286 g/mol. The number of benzene rings is 1. The van der Waals surface area contributed by atoms with Crippen LogP contribution >= 0.6 is 0 Å². The molecule has 1 amide bonds. The Hall–Kier alpha value is -1.71. The van der Waals surface area contributed by atoms with Gasteiger partial charge in [0.2, 0.25) is 5.91 Å². The molecule has 0 atom stereocenters. The van der Waals surface area contributed by atoms with E-state index in [4.69, 9.17) is 5.73 Å². The number of amides is 1. The van der Waals surface area contributed by atoms with Gasteiger partial charge >= 0.3 is 0 Å². The zero-order chi connectivity index (χ0) is 16.4. The Morgan fingerprint density at radius 2 is 2.04 bits per heavy atom. The van der Waals surface area contributed by atoms with E-state index in [2.05, 4.69) is 29.7 Å². The summed E-state index contributed by atoms with van der Waals surface area (Å²) in [5.41, 5.74) is 9.34. The van der Waals surface area contributed by atoms with E-state index in [1.165, 1.54) is 18.4 Å². The summed E-state index contributed by atoms with van der Waals surface area (Å²) in [7, 11) is 0. The van der Waals surface area contributed by atoms with Crippen molar-refractivity contribution in [3.8, 4) is 0 Å². The number of hydrogen-bond donors (Lipinski definition) is 1. The second-order valence-electron chi connectivity index (χ2n) is 7.20. The van der Waals surface area contributed by atoms with Gasteiger partial charge < -0.3 is 15.5 Å². The Labute approximate surface area is 139 Å². The van der Waals surface area contributed by atoms with Crippen molar-refractivity contribution in [2.75, 3.05) is 23.7 Å². The van der Waals surface area contributed by atoms with E-state index >= 15 is 0 Å². The first-order valence-electron chi connectivity index (χ1n) is 9.01. The van der Waals surface area contributed by atoms with Gasteiger partial charge in [0.1, 0.15) is 0 Å². The quantitative estimate of drug-likeness (QED) is 0.868. The maximum Gasteiger partial charge on any atom is 0.242 e. The van der Waals surface area contributed by atoms with Crippen LogP contribution in [0.1, 0.15) is 51.5 Å². The molecule has 1 aromatic carbocycles. The highest BCUT2D eigenvalue weighted by Crippen LogP contribution is 2.32. The number of nitrogens with zero attached hydrogens (tertiary/aromatic N) is 2. The smallest absolute Gasteiger partial charge is 0.242 e. The number of rotatable bonds is 4. The number of nitrogen functional groups attached to an aromatic ring is 1. The van der Waals surface area contributed by atoms with Crippen molar-refractivity contribution in [2.24, 2.45) is 0 Å². The fourth-order valence-electron chi connectivity index (χ4n) is 4.23. The minimum atomic E-state index is 0.266. The molecule has 1 saturated carbocycles. The third-order valence-corrected chi connectivity index (χ3v) is 5.27. The highest BCUT2D eigenvalue weighted by atomic mass is 16.2. The molecule has 0 saturated heterocycles. The summed E-state index contributed by atoms with van der Waals surface area (Å²) >= 11 is 0. The molecule has 1 aliphatic carbocycles. The van der Waals surface area contributed by atoms with Crippen LogP contribution in [0.5, 0.6) is 0 Å². The summed E-state index contributed by atoms with van der Waals surface area (Å²) in [5, 5.41) is 0. The summed E-state index contributed by atoms with van der Waals surface area (Å²) in [6.07, 6.45) is 6.91. The lowest BCUT2D eigenvalue weighted by Crippen LogP contribution is -2.49. The molecule has 1 aliphatic heterocycles. The van der Waals surface area contributed by atoms with E-state index in [9.17, 15) is 4.79 Å². The number of carbonyl (C=O) groups excluding carboxylic acids is 1. The van der Waals surface area contributed by atoms with Crippen LogP contribution in [0.15, 0.2) is 18.2 Å². The Bertz CT molecular complexity index is 564. The van der Waals surface area contributed by atoms with Gasteiger partial charge in [0.05, 0.1) is 6.54 Å². The molecule has 23 heavy (non-hydrogen) atoms. The summed E-state index contributed by atoms with van der Waals surface area (Å²) in [4.78, 5) is 17.3. The predicted octanol–water partition coefficient (Wildman–Crippen LogP) is 3.20. The van der Waals surface area contributed by atoms with Crippen molar-refractivity contribution in [1.29, 1.82) is 0 Å². The van der Waals surface area contributed by atoms with Gasteiger partial charge in [-0.25, -0.2) is 0 Å². The fourth-order valence-corrected chi connectivity index (χ4v) is 4.23. The minimum absolute atomic E-state index is 0.266. The van der Waals surface area contributed by atoms with Crippen LogP contribution in [-0.4, -0.2) is 36.0 Å². The third-order valence-electron chi connectivity index (χ3n) is 5.27. The molecular formula is C19H29N3O. The Balaban J connectivity index is 1.76. The highest BCUT2D eigenvalue weighted by Gasteiger charge is 2.30. The zero-order valence-corrected chi connectivity index (χ0v) is 14.4. The average molecular weight is 315 g/mol. The van der Waals surface area contributed by atoms with Crippen LogP contribution in [0.25, 0.3) is 0 Å². The maximum absolute atomic E-state index is 13.0. The third kappa shape index (κ3) is 3.31. The molecule has 0 aromatic heterocycles. The van der Waals surface area contributed by atoms with Gasteiger partial charge in [-0.05, 0) is 57.2 Å². The Kier molecular flexibility index (Phi) is 4.79. The largest absolute Gasteiger partial charge is 0.398 e. The molecule has 3 rings (SSSR count). The lowest BCUT2D eigenvalue weighted by atomic mass is 10.00. The van der Waals surface area contributed by atoms with Crippen molar-refractivity contribution in [3.63, 3.8) is 0 Å². The number of anilines is 2. The van der Waals surface area contributed by atoms with Crippen molar-refractivity contribution in [3.05, 3.63) is 23.8 Å². The second kappa shape index (κ2) is 6.81. The summed E-state index contributed by atoms with van der Waals surface area (Å²) < 4.78 is 0. The van der Waals surface area contributed by atoms with Crippen molar-refractivity contribution >= 4 is 17.3 Å². The SMILES string of the molecule is CC(C)N(C(=O)CN1CCCc2c(N)cccc21)C1CCCC1. The van der Waals surface area contributed by atoms with Gasteiger partial charge in [-0.1, -0.05) is 18.9 Å².